The van der Waals surface area contributed by atoms with Crippen LogP contribution in [-0.2, 0) is 19.1 Å². The van der Waals surface area contributed by atoms with Crippen molar-refractivity contribution in [3.63, 3.8) is 0 Å². The van der Waals surface area contributed by atoms with Crippen LogP contribution >= 0.6 is 0 Å². The smallest absolute Gasteiger partial charge is 0.326 e. The summed E-state index contributed by atoms with van der Waals surface area (Å²) in [6.45, 7) is 0.511. The lowest BCUT2D eigenvalue weighted by Crippen LogP contribution is -2.61. The van der Waals surface area contributed by atoms with Gasteiger partial charge in [-0.3, -0.25) is 19.4 Å². The summed E-state index contributed by atoms with van der Waals surface area (Å²) < 4.78 is 9.19. The Morgan fingerprint density at radius 1 is 1.18 bits per heavy atom. The van der Waals surface area contributed by atoms with E-state index in [1.165, 1.54) is 7.11 Å². The zero-order valence-electron chi connectivity index (χ0n) is 24.2. The number of carboxylic acids is 1. The maximum Gasteiger partial charge on any atom is 0.326 e. The molecule has 1 aromatic carbocycles. The van der Waals surface area contributed by atoms with Crippen LogP contribution in [0.5, 0.6) is 0 Å². The topological polar surface area (TPSA) is 317 Å². The number of aliphatic carboxylic acids is 1. The number of ether oxygens (including phenoxy) is 2. The summed E-state index contributed by atoms with van der Waals surface area (Å²) in [5.41, 5.74) is 11.7. The molecule has 1 aromatic heterocycles. The molecule has 4 rings (SSSR count). The fraction of sp³-hybridized carbons (Fsp3) is 0.500. The number of methoxy groups -OCH3 is 1. The van der Waals surface area contributed by atoms with Crippen molar-refractivity contribution >= 4 is 41.0 Å². The number of carbonyl (C=O) groups is 3. The van der Waals surface area contributed by atoms with Gasteiger partial charge >= 0.3 is 11.9 Å². The van der Waals surface area contributed by atoms with Gasteiger partial charge in [-0.2, -0.15) is 4.98 Å². The van der Waals surface area contributed by atoms with Crippen molar-refractivity contribution in [2.75, 3.05) is 48.5 Å². The van der Waals surface area contributed by atoms with Crippen molar-refractivity contribution in [1.82, 2.24) is 15.3 Å². The van der Waals surface area contributed by atoms with E-state index in [0.29, 0.717) is 24.6 Å². The lowest BCUT2D eigenvalue weighted by Gasteiger charge is -2.38. The zero-order chi connectivity index (χ0) is 33.3. The van der Waals surface area contributed by atoms with Crippen LogP contribution < -0.4 is 38.3 Å². The summed E-state index contributed by atoms with van der Waals surface area (Å²) in [6, 6.07) is 4.10. The summed E-state index contributed by atoms with van der Waals surface area (Å²) in [5, 5.41) is 57.1. The number of amides is 1. The first-order valence-electron chi connectivity index (χ1n) is 13.7. The minimum atomic E-state index is -1.35. The first-order valence-corrected chi connectivity index (χ1v) is 13.7. The largest absolute Gasteiger partial charge is 0.480 e. The number of benzene rings is 1. The fourth-order valence-electron chi connectivity index (χ4n) is 4.31. The number of nitrogens with zero attached hydrogens (tertiary/aromatic N) is 1. The monoisotopic (exact) mass is 638 g/mol. The number of carbonyl (C=O) groups excluding carboxylic acids is 2. The number of carboxylic acid groups (broad SMARTS) is 1. The van der Waals surface area contributed by atoms with Gasteiger partial charge in [0.15, 0.2) is 12.1 Å². The number of aromatic amines is 1. The lowest BCUT2D eigenvalue weighted by molar-refractivity contribution is -0.248. The minimum absolute atomic E-state index is 0.0342. The first kappa shape index (κ1) is 35.0. The van der Waals surface area contributed by atoms with E-state index >= 15 is 0 Å². The predicted octanol–water partition coefficient (Wildman–Crippen LogP) is -3.45. The number of rotatable bonds is 10. The number of H-pyrrole nitrogens is 1. The van der Waals surface area contributed by atoms with Crippen molar-refractivity contribution in [2.24, 2.45) is 5.73 Å². The molecular weight excluding hydrogens is 600 g/mol. The Kier molecular flexibility index (Phi) is 12.4. The average Bonchev–Trinajstić information content (AvgIpc) is 3.02. The normalized spacial score (nSPS) is 24.3. The standard InChI is InChI=1S/C20H25N7O6.C6H13NO5/c1-33-14(28)7-6-13(19(31)32)25-17(29)10-2-4-11(5-3-10)22-8-12-9-23-16-15(24-12)18(30)27-20(21)26-16;7-3-5(10)4(9)2(1-8)12-6(3)11/h2-5,12-13,22,24H,6-9H2,1H3,(H,25,29)(H,31,32)(H4,21,23,26,27,30);2-6,8-11H,1,7H2/t;2-,3-,4-,5-,6?/m.1/s1. The van der Waals surface area contributed by atoms with Crippen molar-refractivity contribution in [1.29, 1.82) is 0 Å². The van der Waals surface area contributed by atoms with E-state index in [-0.39, 0.29) is 36.0 Å². The molecule has 2 aliphatic heterocycles. The van der Waals surface area contributed by atoms with Gasteiger partial charge in [0.25, 0.3) is 11.5 Å². The summed E-state index contributed by atoms with van der Waals surface area (Å²) >= 11 is 0. The van der Waals surface area contributed by atoms with Crippen LogP contribution in [0.25, 0.3) is 0 Å². The number of hydrogen-bond acceptors (Lipinski definition) is 16. The Bertz CT molecular complexity index is 1370. The fourth-order valence-corrected chi connectivity index (χ4v) is 4.31. The van der Waals surface area contributed by atoms with Crippen LogP contribution in [-0.4, -0.2) is 123 Å². The van der Waals surface area contributed by atoms with Crippen molar-refractivity contribution in [2.45, 2.75) is 55.6 Å². The zero-order valence-corrected chi connectivity index (χ0v) is 24.2. The third-order valence-corrected chi connectivity index (χ3v) is 6.92. The van der Waals surface area contributed by atoms with E-state index in [0.717, 1.165) is 5.69 Å². The Morgan fingerprint density at radius 2 is 1.87 bits per heavy atom. The van der Waals surface area contributed by atoms with E-state index < -0.39 is 61.1 Å². The summed E-state index contributed by atoms with van der Waals surface area (Å²) in [5.74, 6) is -1.93. The molecule has 14 N–H and O–H groups in total. The molecule has 0 bridgehead atoms. The quantitative estimate of drug-likeness (QED) is 0.113. The molecule has 0 spiro atoms. The number of aliphatic hydroxyl groups excluding tert-OH is 4. The van der Waals surface area contributed by atoms with Gasteiger partial charge in [-0.05, 0) is 30.7 Å². The number of anilines is 4. The number of hydrogen-bond donors (Lipinski definition) is 12. The van der Waals surface area contributed by atoms with E-state index in [4.69, 9.17) is 26.4 Å². The number of nitrogens with two attached hydrogens (primary N) is 2. The highest BCUT2D eigenvalue weighted by atomic mass is 16.6. The number of nitrogens with one attached hydrogen (secondary N) is 5. The summed E-state index contributed by atoms with van der Waals surface area (Å²) in [7, 11) is 1.21. The van der Waals surface area contributed by atoms with Gasteiger partial charge in [-0.25, -0.2) is 4.79 Å². The molecule has 0 radical (unpaired) electrons. The van der Waals surface area contributed by atoms with Gasteiger partial charge < -0.3 is 67.7 Å². The van der Waals surface area contributed by atoms with Crippen LogP contribution in [0, 0.1) is 0 Å². The van der Waals surface area contributed by atoms with Crippen LogP contribution in [0.4, 0.5) is 23.1 Å². The van der Waals surface area contributed by atoms with E-state index in [2.05, 4.69) is 36.0 Å². The van der Waals surface area contributed by atoms with Gasteiger partial charge in [0.2, 0.25) is 5.95 Å². The van der Waals surface area contributed by atoms with E-state index in [1.807, 2.05) is 0 Å². The predicted molar refractivity (Wildman–Crippen MR) is 158 cm³/mol. The molecule has 7 atom stereocenters. The van der Waals surface area contributed by atoms with Crippen LogP contribution in [0.3, 0.4) is 0 Å². The number of aliphatic hydroxyl groups is 4. The molecule has 0 aliphatic carbocycles. The maximum atomic E-state index is 12.4. The molecule has 1 fully saturated rings. The Morgan fingerprint density at radius 3 is 2.49 bits per heavy atom. The van der Waals surface area contributed by atoms with Crippen molar-refractivity contribution in [3.8, 4) is 0 Å². The number of esters is 1. The second-order valence-corrected chi connectivity index (χ2v) is 10.1. The Hall–Kier alpha value is -4.53. The highest BCUT2D eigenvalue weighted by Crippen LogP contribution is 2.20. The molecule has 45 heavy (non-hydrogen) atoms. The van der Waals surface area contributed by atoms with Gasteiger partial charge in [0.1, 0.15) is 30.0 Å². The Balaban J connectivity index is 0.000000385. The summed E-state index contributed by atoms with van der Waals surface area (Å²) in [4.78, 5) is 53.5. The molecule has 19 nitrogen and oxygen atoms in total. The molecule has 2 aromatic rings. The molecule has 1 amide bonds. The third kappa shape index (κ3) is 9.48. The molecule has 1 saturated heterocycles. The molecule has 3 unspecified atom stereocenters. The van der Waals surface area contributed by atoms with Gasteiger partial charge in [-0.1, -0.05) is 0 Å². The van der Waals surface area contributed by atoms with Gasteiger partial charge in [0.05, 0.1) is 25.8 Å². The second kappa shape index (κ2) is 16.0. The van der Waals surface area contributed by atoms with Crippen LogP contribution in [0.15, 0.2) is 29.1 Å². The molecule has 3 heterocycles. The number of fused-ring (bicyclic) bond motifs is 1. The van der Waals surface area contributed by atoms with Gasteiger partial charge in [-0.15, -0.1) is 0 Å². The molecule has 248 valence electrons. The van der Waals surface area contributed by atoms with E-state index in [1.54, 1.807) is 24.3 Å². The van der Waals surface area contributed by atoms with Crippen LogP contribution in [0.1, 0.15) is 23.2 Å². The number of aromatic nitrogens is 2. The second-order valence-electron chi connectivity index (χ2n) is 10.1. The maximum absolute atomic E-state index is 12.4. The van der Waals surface area contributed by atoms with Crippen molar-refractivity contribution in [3.05, 3.63) is 40.2 Å². The molecule has 2 aliphatic rings. The summed E-state index contributed by atoms with van der Waals surface area (Å²) in [6.07, 6.45) is -5.06. The highest BCUT2D eigenvalue weighted by Gasteiger charge is 2.41. The average molecular weight is 639 g/mol. The van der Waals surface area contributed by atoms with E-state index in [9.17, 15) is 34.5 Å². The molecule has 0 saturated carbocycles. The molecule has 19 heteroatoms. The molecular formula is C26H38N8O11. The minimum Gasteiger partial charge on any atom is -0.480 e. The number of nitrogen functional groups attached to an aromatic ring is 1. The van der Waals surface area contributed by atoms with Crippen molar-refractivity contribution < 1.29 is 49.4 Å². The Labute approximate surface area is 255 Å². The highest BCUT2D eigenvalue weighted by molar-refractivity contribution is 5.97. The SMILES string of the molecule is COC(=O)CCC(NC(=O)c1ccc(NCC2CNc3nc(N)[nH]c(=O)c3N2)cc1)C(=O)O.N[C@H]1C(O)O[C@H](CO)[C@@H](O)[C@@H]1O. The van der Waals surface area contributed by atoms with Crippen LogP contribution in [0.2, 0.25) is 0 Å². The third-order valence-electron chi connectivity index (χ3n) is 6.92. The first-order chi connectivity index (χ1) is 21.3. The lowest BCUT2D eigenvalue weighted by atomic mass is 9.98. The van der Waals surface area contributed by atoms with Gasteiger partial charge in [0, 0.05) is 30.8 Å².